The number of pyridine rings is 1. The van der Waals surface area contributed by atoms with Gasteiger partial charge in [0.2, 0.25) is 0 Å². The lowest BCUT2D eigenvalue weighted by molar-refractivity contribution is 0.511. The van der Waals surface area contributed by atoms with E-state index < -0.39 is 9.84 Å². The Morgan fingerprint density at radius 3 is 2.72 bits per heavy atom. The molecule has 0 spiro atoms. The Balaban J connectivity index is 2.81. The van der Waals surface area contributed by atoms with Crippen LogP contribution in [0.5, 0.6) is 0 Å². The van der Waals surface area contributed by atoms with E-state index in [0.29, 0.717) is 6.42 Å². The zero-order chi connectivity index (χ0) is 13.6. The fourth-order valence-electron chi connectivity index (χ4n) is 1.89. The molecule has 1 N–H and O–H groups in total. The van der Waals surface area contributed by atoms with Crippen molar-refractivity contribution in [3.8, 4) is 0 Å². The molecule has 1 rings (SSSR count). The van der Waals surface area contributed by atoms with Crippen molar-refractivity contribution in [1.82, 2.24) is 10.3 Å². The maximum Gasteiger partial charge on any atom is 0.147 e. The Hall–Kier alpha value is -0.940. The van der Waals surface area contributed by atoms with Crippen LogP contribution in [0.4, 0.5) is 0 Å². The highest BCUT2D eigenvalue weighted by Crippen LogP contribution is 2.20. The minimum Gasteiger partial charge on any atom is -0.310 e. The quantitative estimate of drug-likeness (QED) is 0.821. The summed E-state index contributed by atoms with van der Waals surface area (Å²) in [6.45, 7) is 4.99. The molecule has 4 nitrogen and oxygen atoms in total. The standard InChI is InChI=1S/C13H22N2O2S/c1-4-7-15-13(6-9-18(3,16)17)12-5-8-14-10-11(12)2/h5,8,10,13,15H,4,6-7,9H2,1-3H3. The van der Waals surface area contributed by atoms with Gasteiger partial charge in [-0.2, -0.15) is 0 Å². The largest absolute Gasteiger partial charge is 0.310 e. The fourth-order valence-corrected chi connectivity index (χ4v) is 2.56. The van der Waals surface area contributed by atoms with E-state index in [9.17, 15) is 8.42 Å². The van der Waals surface area contributed by atoms with Crippen molar-refractivity contribution in [3.63, 3.8) is 0 Å². The summed E-state index contributed by atoms with van der Waals surface area (Å²) in [7, 11) is -2.92. The van der Waals surface area contributed by atoms with E-state index in [0.717, 1.165) is 24.1 Å². The molecule has 0 saturated heterocycles. The lowest BCUT2D eigenvalue weighted by Gasteiger charge is -2.20. The van der Waals surface area contributed by atoms with Crippen LogP contribution < -0.4 is 5.32 Å². The van der Waals surface area contributed by atoms with Gasteiger partial charge in [0.1, 0.15) is 9.84 Å². The van der Waals surface area contributed by atoms with E-state index in [2.05, 4.69) is 17.2 Å². The Kier molecular flexibility index (Phi) is 5.75. The molecule has 1 aromatic rings. The SMILES string of the molecule is CCCNC(CCS(C)(=O)=O)c1ccncc1C. The van der Waals surface area contributed by atoms with E-state index in [1.807, 2.05) is 19.2 Å². The number of hydrogen-bond donors (Lipinski definition) is 1. The van der Waals surface area contributed by atoms with Crippen LogP contribution in [0.1, 0.15) is 36.9 Å². The second-order valence-corrected chi connectivity index (χ2v) is 6.92. The van der Waals surface area contributed by atoms with Gasteiger partial charge in [-0.1, -0.05) is 6.92 Å². The van der Waals surface area contributed by atoms with Gasteiger partial charge in [-0.05, 0) is 43.5 Å². The van der Waals surface area contributed by atoms with Gasteiger partial charge in [0, 0.05) is 24.7 Å². The molecule has 0 aliphatic carbocycles. The van der Waals surface area contributed by atoms with Crippen molar-refractivity contribution < 1.29 is 8.42 Å². The van der Waals surface area contributed by atoms with E-state index in [4.69, 9.17) is 0 Å². The van der Waals surface area contributed by atoms with Crippen molar-refractivity contribution in [2.24, 2.45) is 0 Å². The molecule has 1 aromatic heterocycles. The van der Waals surface area contributed by atoms with E-state index >= 15 is 0 Å². The van der Waals surface area contributed by atoms with Crippen molar-refractivity contribution in [2.45, 2.75) is 32.7 Å². The average molecular weight is 270 g/mol. The first-order valence-corrected chi connectivity index (χ1v) is 8.31. The van der Waals surface area contributed by atoms with Gasteiger partial charge in [-0.15, -0.1) is 0 Å². The molecular formula is C13H22N2O2S. The van der Waals surface area contributed by atoms with Crippen LogP contribution in [0.3, 0.4) is 0 Å². The minimum atomic E-state index is -2.92. The summed E-state index contributed by atoms with van der Waals surface area (Å²) in [4.78, 5) is 4.07. The molecule has 1 atom stereocenters. The molecule has 5 heteroatoms. The van der Waals surface area contributed by atoms with Crippen LogP contribution in [0.2, 0.25) is 0 Å². The van der Waals surface area contributed by atoms with E-state index in [1.54, 1.807) is 6.20 Å². The summed E-state index contributed by atoms with van der Waals surface area (Å²) < 4.78 is 22.6. The van der Waals surface area contributed by atoms with Crippen LogP contribution >= 0.6 is 0 Å². The molecule has 0 aliphatic heterocycles. The van der Waals surface area contributed by atoms with Crippen molar-refractivity contribution >= 4 is 9.84 Å². The highest BCUT2D eigenvalue weighted by Gasteiger charge is 2.15. The van der Waals surface area contributed by atoms with Gasteiger partial charge in [-0.3, -0.25) is 4.98 Å². The highest BCUT2D eigenvalue weighted by molar-refractivity contribution is 7.90. The first kappa shape index (κ1) is 15.1. The monoisotopic (exact) mass is 270 g/mol. The summed E-state index contributed by atoms with van der Waals surface area (Å²) >= 11 is 0. The van der Waals surface area contributed by atoms with E-state index in [-0.39, 0.29) is 11.8 Å². The lowest BCUT2D eigenvalue weighted by atomic mass is 10.0. The molecule has 0 bridgehead atoms. The van der Waals surface area contributed by atoms with Gasteiger partial charge in [-0.25, -0.2) is 8.42 Å². The fraction of sp³-hybridized carbons (Fsp3) is 0.615. The van der Waals surface area contributed by atoms with Gasteiger partial charge in [0.15, 0.2) is 0 Å². The number of aryl methyl sites for hydroxylation is 1. The van der Waals surface area contributed by atoms with Crippen LogP contribution in [-0.2, 0) is 9.84 Å². The maximum atomic E-state index is 11.3. The van der Waals surface area contributed by atoms with E-state index in [1.165, 1.54) is 6.26 Å². The first-order chi connectivity index (χ1) is 8.44. The zero-order valence-corrected chi connectivity index (χ0v) is 12.1. The summed E-state index contributed by atoms with van der Waals surface area (Å²) in [5, 5.41) is 3.41. The Morgan fingerprint density at radius 1 is 1.44 bits per heavy atom. The molecule has 18 heavy (non-hydrogen) atoms. The molecule has 1 heterocycles. The Labute approximate surface area is 110 Å². The van der Waals surface area contributed by atoms with Gasteiger partial charge >= 0.3 is 0 Å². The van der Waals surface area contributed by atoms with Gasteiger partial charge in [0.25, 0.3) is 0 Å². The zero-order valence-electron chi connectivity index (χ0n) is 11.3. The van der Waals surface area contributed by atoms with Crippen LogP contribution in [0.25, 0.3) is 0 Å². The molecule has 0 aliphatic rings. The number of rotatable bonds is 7. The van der Waals surface area contributed by atoms with Crippen molar-refractivity contribution in [3.05, 3.63) is 29.6 Å². The summed E-state index contributed by atoms with van der Waals surface area (Å²) in [6.07, 6.45) is 6.48. The van der Waals surface area contributed by atoms with Crippen LogP contribution in [0, 0.1) is 6.92 Å². The molecular weight excluding hydrogens is 248 g/mol. The maximum absolute atomic E-state index is 11.3. The summed E-state index contributed by atoms with van der Waals surface area (Å²) in [6, 6.07) is 2.05. The minimum absolute atomic E-state index is 0.0858. The highest BCUT2D eigenvalue weighted by atomic mass is 32.2. The van der Waals surface area contributed by atoms with Gasteiger partial charge in [0.05, 0.1) is 5.75 Å². The smallest absolute Gasteiger partial charge is 0.147 e. The molecule has 0 aromatic carbocycles. The predicted octanol–water partition coefficient (Wildman–Crippen LogP) is 1.87. The molecule has 0 fully saturated rings. The second-order valence-electron chi connectivity index (χ2n) is 4.66. The third-order valence-electron chi connectivity index (χ3n) is 2.86. The average Bonchev–Trinajstić information content (AvgIpc) is 2.29. The van der Waals surface area contributed by atoms with Gasteiger partial charge < -0.3 is 5.32 Å². The third kappa shape index (κ3) is 5.14. The van der Waals surface area contributed by atoms with Crippen molar-refractivity contribution in [1.29, 1.82) is 0 Å². The number of nitrogens with zero attached hydrogens (tertiary/aromatic N) is 1. The summed E-state index contributed by atoms with van der Waals surface area (Å²) in [5.74, 6) is 0.205. The number of aromatic nitrogens is 1. The summed E-state index contributed by atoms with van der Waals surface area (Å²) in [5.41, 5.74) is 2.24. The van der Waals surface area contributed by atoms with Crippen LogP contribution in [0.15, 0.2) is 18.5 Å². The molecule has 0 amide bonds. The molecule has 102 valence electrons. The Morgan fingerprint density at radius 2 is 2.17 bits per heavy atom. The molecule has 0 saturated carbocycles. The number of sulfone groups is 1. The third-order valence-corrected chi connectivity index (χ3v) is 3.83. The predicted molar refractivity (Wildman–Crippen MR) is 74.3 cm³/mol. The van der Waals surface area contributed by atoms with Crippen LogP contribution in [-0.4, -0.2) is 32.0 Å². The Bertz CT molecular complexity index is 472. The normalized spacial score (nSPS) is 13.5. The first-order valence-electron chi connectivity index (χ1n) is 6.25. The second kappa shape index (κ2) is 6.85. The lowest BCUT2D eigenvalue weighted by Crippen LogP contribution is -2.25. The van der Waals surface area contributed by atoms with Crippen molar-refractivity contribution in [2.75, 3.05) is 18.6 Å². The number of nitrogens with one attached hydrogen (secondary N) is 1. The molecule has 0 radical (unpaired) electrons. The molecule has 1 unspecified atom stereocenters. The number of hydrogen-bond acceptors (Lipinski definition) is 4. The topological polar surface area (TPSA) is 59.1 Å².